The molecule has 1 fully saturated rings. The van der Waals surface area contributed by atoms with Crippen molar-refractivity contribution in [1.29, 1.82) is 0 Å². The molecule has 1 heteroatoms. The fourth-order valence-corrected chi connectivity index (χ4v) is 3.29. The van der Waals surface area contributed by atoms with Gasteiger partial charge in [-0.05, 0) is 43.6 Å². The van der Waals surface area contributed by atoms with E-state index in [-0.39, 0.29) is 0 Å². The van der Waals surface area contributed by atoms with Gasteiger partial charge in [-0.15, -0.1) is 0 Å². The standard InChI is InChI=1S/C13H20O/c1-3-9-11-7-5-6-8-12(11)10(4-2)13(9)14/h9,11H,3-8H2,1-2H3/t9-,11+/m1/s1. The van der Waals surface area contributed by atoms with E-state index >= 15 is 0 Å². The lowest BCUT2D eigenvalue weighted by Crippen LogP contribution is -2.19. The van der Waals surface area contributed by atoms with Crippen LogP contribution in [0, 0.1) is 11.8 Å². The Hall–Kier alpha value is -0.590. The molecule has 0 aromatic rings. The smallest absolute Gasteiger partial charge is 0.162 e. The van der Waals surface area contributed by atoms with Crippen molar-refractivity contribution >= 4 is 5.78 Å². The van der Waals surface area contributed by atoms with Crippen molar-refractivity contribution in [3.63, 3.8) is 0 Å². The summed E-state index contributed by atoms with van der Waals surface area (Å²) >= 11 is 0. The maximum absolute atomic E-state index is 12.1. The van der Waals surface area contributed by atoms with Gasteiger partial charge < -0.3 is 0 Å². The normalized spacial score (nSPS) is 32.3. The van der Waals surface area contributed by atoms with E-state index in [1.165, 1.54) is 36.8 Å². The molecule has 0 N–H and O–H groups in total. The predicted molar refractivity (Wildman–Crippen MR) is 58.1 cm³/mol. The third-order valence-corrected chi connectivity index (χ3v) is 3.96. The zero-order valence-corrected chi connectivity index (χ0v) is 9.31. The lowest BCUT2D eigenvalue weighted by atomic mass is 9.79. The summed E-state index contributed by atoms with van der Waals surface area (Å²) in [4.78, 5) is 12.1. The van der Waals surface area contributed by atoms with Gasteiger partial charge >= 0.3 is 0 Å². The highest BCUT2D eigenvalue weighted by molar-refractivity contribution is 6.01. The molecule has 2 rings (SSSR count). The molecular weight excluding hydrogens is 172 g/mol. The van der Waals surface area contributed by atoms with Crippen LogP contribution in [0.5, 0.6) is 0 Å². The van der Waals surface area contributed by atoms with E-state index in [4.69, 9.17) is 0 Å². The van der Waals surface area contributed by atoms with Crippen molar-refractivity contribution in [2.75, 3.05) is 0 Å². The van der Waals surface area contributed by atoms with Crippen LogP contribution < -0.4 is 0 Å². The van der Waals surface area contributed by atoms with Crippen LogP contribution >= 0.6 is 0 Å². The Bertz CT molecular complexity index is 275. The average molecular weight is 192 g/mol. The maximum Gasteiger partial charge on any atom is 0.162 e. The molecule has 2 aliphatic carbocycles. The van der Waals surface area contributed by atoms with Crippen LogP contribution in [0.2, 0.25) is 0 Å². The minimum Gasteiger partial charge on any atom is -0.294 e. The molecule has 0 heterocycles. The van der Waals surface area contributed by atoms with Crippen molar-refractivity contribution in [1.82, 2.24) is 0 Å². The Morgan fingerprint density at radius 2 is 2.07 bits per heavy atom. The molecule has 0 aromatic heterocycles. The molecule has 0 saturated heterocycles. The third-order valence-electron chi connectivity index (χ3n) is 3.96. The summed E-state index contributed by atoms with van der Waals surface area (Å²) in [5, 5.41) is 0. The summed E-state index contributed by atoms with van der Waals surface area (Å²) < 4.78 is 0. The quantitative estimate of drug-likeness (QED) is 0.654. The summed E-state index contributed by atoms with van der Waals surface area (Å²) in [6, 6.07) is 0. The molecule has 1 saturated carbocycles. The number of carbonyl (C=O) groups excluding carboxylic acids is 1. The van der Waals surface area contributed by atoms with Crippen LogP contribution in [0.4, 0.5) is 0 Å². The van der Waals surface area contributed by atoms with Gasteiger partial charge in [0.05, 0.1) is 0 Å². The number of hydrogen-bond donors (Lipinski definition) is 0. The van der Waals surface area contributed by atoms with Crippen LogP contribution in [0.15, 0.2) is 11.1 Å². The highest BCUT2D eigenvalue weighted by atomic mass is 16.1. The Balaban J connectivity index is 2.31. The number of carbonyl (C=O) groups is 1. The third kappa shape index (κ3) is 1.34. The van der Waals surface area contributed by atoms with Gasteiger partial charge in [0, 0.05) is 5.92 Å². The Labute approximate surface area is 86.6 Å². The molecule has 2 aliphatic rings. The highest BCUT2D eigenvalue weighted by Gasteiger charge is 2.40. The van der Waals surface area contributed by atoms with E-state index in [0.717, 1.165) is 12.8 Å². The minimum absolute atomic E-state index is 0.347. The van der Waals surface area contributed by atoms with Crippen LogP contribution in [0.25, 0.3) is 0 Å². The second-order valence-corrected chi connectivity index (χ2v) is 4.59. The molecular formula is C13H20O. The summed E-state index contributed by atoms with van der Waals surface area (Å²) in [7, 11) is 0. The van der Waals surface area contributed by atoms with Gasteiger partial charge in [0.2, 0.25) is 0 Å². The van der Waals surface area contributed by atoms with Crippen molar-refractivity contribution in [3.8, 4) is 0 Å². The first-order valence-corrected chi connectivity index (χ1v) is 6.05. The second kappa shape index (κ2) is 3.88. The number of ketones is 1. The Morgan fingerprint density at radius 1 is 1.29 bits per heavy atom. The number of rotatable bonds is 2. The SMILES string of the molecule is CCC1=C2CCCC[C@H]2[C@@H](CC)C1=O. The van der Waals surface area contributed by atoms with Crippen LogP contribution in [0.3, 0.4) is 0 Å². The van der Waals surface area contributed by atoms with E-state index in [1.54, 1.807) is 0 Å². The molecule has 0 bridgehead atoms. The number of allylic oxidation sites excluding steroid dienone is 2. The van der Waals surface area contributed by atoms with Crippen molar-refractivity contribution in [2.24, 2.45) is 11.8 Å². The van der Waals surface area contributed by atoms with E-state index in [9.17, 15) is 4.79 Å². The highest BCUT2D eigenvalue weighted by Crippen LogP contribution is 2.45. The van der Waals surface area contributed by atoms with Crippen molar-refractivity contribution in [3.05, 3.63) is 11.1 Å². The van der Waals surface area contributed by atoms with Crippen molar-refractivity contribution in [2.45, 2.75) is 52.4 Å². The first kappa shape index (κ1) is 9.95. The summed E-state index contributed by atoms with van der Waals surface area (Å²) in [6.45, 7) is 4.29. The van der Waals surface area contributed by atoms with Crippen LogP contribution in [-0.2, 0) is 4.79 Å². The van der Waals surface area contributed by atoms with Gasteiger partial charge in [-0.3, -0.25) is 4.79 Å². The lowest BCUT2D eigenvalue weighted by molar-refractivity contribution is -0.119. The van der Waals surface area contributed by atoms with Gasteiger partial charge in [-0.25, -0.2) is 0 Å². The zero-order valence-electron chi connectivity index (χ0n) is 9.31. The molecule has 0 unspecified atom stereocenters. The van der Waals surface area contributed by atoms with Crippen LogP contribution in [-0.4, -0.2) is 5.78 Å². The fraction of sp³-hybridized carbons (Fsp3) is 0.769. The van der Waals surface area contributed by atoms with Gasteiger partial charge in [-0.2, -0.15) is 0 Å². The monoisotopic (exact) mass is 192 g/mol. The van der Waals surface area contributed by atoms with Gasteiger partial charge in [0.25, 0.3) is 0 Å². The van der Waals surface area contributed by atoms with Gasteiger partial charge in [-0.1, -0.05) is 25.8 Å². The molecule has 2 atom stereocenters. The largest absolute Gasteiger partial charge is 0.294 e. The summed E-state index contributed by atoms with van der Waals surface area (Å²) in [5.74, 6) is 1.47. The summed E-state index contributed by atoms with van der Waals surface area (Å²) in [6.07, 6.45) is 7.10. The second-order valence-electron chi connectivity index (χ2n) is 4.59. The topological polar surface area (TPSA) is 17.1 Å². The molecule has 0 radical (unpaired) electrons. The minimum atomic E-state index is 0.347. The molecule has 0 aromatic carbocycles. The molecule has 1 nitrogen and oxygen atoms in total. The fourth-order valence-electron chi connectivity index (χ4n) is 3.29. The number of hydrogen-bond acceptors (Lipinski definition) is 1. The molecule has 0 amide bonds. The Kier molecular flexibility index (Phi) is 2.76. The maximum atomic E-state index is 12.1. The molecule has 0 aliphatic heterocycles. The first-order valence-electron chi connectivity index (χ1n) is 6.05. The number of fused-ring (bicyclic) bond motifs is 1. The molecule has 0 spiro atoms. The van der Waals surface area contributed by atoms with E-state index in [1.807, 2.05) is 0 Å². The van der Waals surface area contributed by atoms with Crippen molar-refractivity contribution < 1.29 is 4.79 Å². The van der Waals surface area contributed by atoms with E-state index < -0.39 is 0 Å². The predicted octanol–water partition coefficient (Wildman–Crippen LogP) is 3.49. The lowest BCUT2D eigenvalue weighted by Gasteiger charge is -2.25. The summed E-state index contributed by atoms with van der Waals surface area (Å²) in [5.41, 5.74) is 2.73. The zero-order chi connectivity index (χ0) is 10.1. The molecule has 78 valence electrons. The average Bonchev–Trinajstić information content (AvgIpc) is 2.49. The first-order chi connectivity index (χ1) is 6.79. The van der Waals surface area contributed by atoms with Gasteiger partial charge in [0.15, 0.2) is 5.78 Å². The molecule has 14 heavy (non-hydrogen) atoms. The van der Waals surface area contributed by atoms with E-state index in [0.29, 0.717) is 17.6 Å². The van der Waals surface area contributed by atoms with Gasteiger partial charge in [0.1, 0.15) is 0 Å². The Morgan fingerprint density at radius 3 is 2.71 bits per heavy atom. The van der Waals surface area contributed by atoms with E-state index in [2.05, 4.69) is 13.8 Å². The number of Topliss-reactive ketones (excluding diaryl/α,β-unsaturated/α-hetero) is 1. The van der Waals surface area contributed by atoms with Crippen LogP contribution in [0.1, 0.15) is 52.4 Å².